The molecule has 11 heteroatoms. The molecule has 3 heterocycles. The lowest BCUT2D eigenvalue weighted by Gasteiger charge is -2.48. The standard InChI is InChI=1S/C11H10N4O4S3/c12-6-8(16)15-7(10(17)18)4(2-20-9(6)15)3-21-11(19)5-1-13-22-14-5/h1,6,9H,2-3,12H2,(H,17,18)/t6?,9-/m1/s1. The molecular weight excluding hydrogens is 348 g/mol. The van der Waals surface area contributed by atoms with Crippen LogP contribution >= 0.6 is 35.3 Å². The summed E-state index contributed by atoms with van der Waals surface area (Å²) < 4.78 is 7.59. The quantitative estimate of drug-likeness (QED) is 0.715. The van der Waals surface area contributed by atoms with Crippen LogP contribution in [-0.2, 0) is 9.59 Å². The molecule has 2 aliphatic rings. The van der Waals surface area contributed by atoms with Crippen molar-refractivity contribution in [2.75, 3.05) is 11.5 Å². The normalized spacial score (nSPS) is 24.0. The molecule has 1 aromatic rings. The third-order valence-corrected chi connectivity index (χ3v) is 6.04. The number of carbonyl (C=O) groups is 3. The molecule has 8 nitrogen and oxygen atoms in total. The predicted octanol–water partition coefficient (Wildman–Crippen LogP) is -0.00740. The van der Waals surface area contributed by atoms with E-state index in [1.165, 1.54) is 22.9 Å². The van der Waals surface area contributed by atoms with Crippen LogP contribution in [0, 0.1) is 0 Å². The number of aromatic nitrogens is 2. The van der Waals surface area contributed by atoms with Gasteiger partial charge in [0.15, 0.2) is 5.69 Å². The largest absolute Gasteiger partial charge is 0.477 e. The average Bonchev–Trinajstić information content (AvgIpc) is 3.05. The van der Waals surface area contributed by atoms with Crippen molar-refractivity contribution in [3.05, 3.63) is 23.2 Å². The fourth-order valence-electron chi connectivity index (χ4n) is 2.17. The maximum atomic E-state index is 11.9. The van der Waals surface area contributed by atoms with Crippen molar-refractivity contribution >= 4 is 52.2 Å². The van der Waals surface area contributed by atoms with Crippen LogP contribution in [0.3, 0.4) is 0 Å². The van der Waals surface area contributed by atoms with Gasteiger partial charge in [-0.1, -0.05) is 11.8 Å². The van der Waals surface area contributed by atoms with Crippen LogP contribution in [0.4, 0.5) is 0 Å². The number of carboxylic acid groups (broad SMARTS) is 1. The Balaban J connectivity index is 1.77. The van der Waals surface area contributed by atoms with E-state index in [0.29, 0.717) is 11.3 Å². The number of thioether (sulfide) groups is 2. The summed E-state index contributed by atoms with van der Waals surface area (Å²) in [6.07, 6.45) is 1.37. The molecule has 22 heavy (non-hydrogen) atoms. The van der Waals surface area contributed by atoms with Crippen molar-refractivity contribution in [3.63, 3.8) is 0 Å². The Labute approximate surface area is 137 Å². The first-order chi connectivity index (χ1) is 10.5. The highest BCUT2D eigenvalue weighted by Gasteiger charge is 2.51. The van der Waals surface area contributed by atoms with Gasteiger partial charge in [0.1, 0.15) is 17.1 Å². The molecular formula is C11H10N4O4S3. The van der Waals surface area contributed by atoms with Gasteiger partial charge in [-0.25, -0.2) is 4.79 Å². The second-order valence-electron chi connectivity index (χ2n) is 4.56. The highest BCUT2D eigenvalue weighted by Crippen LogP contribution is 2.40. The number of rotatable bonds is 4. The number of amides is 1. The number of fused-ring (bicyclic) bond motifs is 1. The molecule has 2 aliphatic heterocycles. The minimum Gasteiger partial charge on any atom is -0.477 e. The molecule has 0 radical (unpaired) electrons. The second kappa shape index (κ2) is 5.99. The topological polar surface area (TPSA) is 126 Å². The molecule has 0 aliphatic carbocycles. The number of β-lactam (4-membered cyclic amide) rings is 1. The third kappa shape index (κ3) is 2.53. The molecule has 1 amide bonds. The first-order valence-corrected chi connectivity index (χ1v) is 8.87. The predicted molar refractivity (Wildman–Crippen MR) is 82.4 cm³/mol. The van der Waals surface area contributed by atoms with E-state index in [2.05, 4.69) is 8.75 Å². The average molecular weight is 358 g/mol. The summed E-state index contributed by atoms with van der Waals surface area (Å²) in [5.74, 6) is -0.952. The Morgan fingerprint density at radius 3 is 2.95 bits per heavy atom. The van der Waals surface area contributed by atoms with Gasteiger partial charge in [-0.3, -0.25) is 14.5 Å². The SMILES string of the molecule is NC1C(=O)N2C(C(=O)O)=C(CSC(=O)c3cnsn3)CS[C@H]12. The Morgan fingerprint density at radius 2 is 2.32 bits per heavy atom. The van der Waals surface area contributed by atoms with E-state index in [1.807, 2.05) is 0 Å². The van der Waals surface area contributed by atoms with Gasteiger partial charge in [0.05, 0.1) is 17.9 Å². The van der Waals surface area contributed by atoms with Crippen LogP contribution in [0.1, 0.15) is 10.5 Å². The number of nitrogens with zero attached hydrogens (tertiary/aromatic N) is 3. The lowest BCUT2D eigenvalue weighted by molar-refractivity contribution is -0.147. The van der Waals surface area contributed by atoms with Crippen LogP contribution in [0.2, 0.25) is 0 Å². The fourth-order valence-corrected chi connectivity index (χ4v) is 4.85. The van der Waals surface area contributed by atoms with Crippen molar-refractivity contribution in [2.24, 2.45) is 5.73 Å². The van der Waals surface area contributed by atoms with E-state index in [4.69, 9.17) is 5.73 Å². The molecule has 2 atom stereocenters. The number of aliphatic carboxylic acids is 1. The van der Waals surface area contributed by atoms with Gasteiger partial charge in [0.25, 0.3) is 0 Å². The molecule has 0 aromatic carbocycles. The molecule has 3 rings (SSSR count). The Kier molecular flexibility index (Phi) is 4.21. The molecule has 1 saturated heterocycles. The van der Waals surface area contributed by atoms with E-state index in [9.17, 15) is 19.5 Å². The zero-order chi connectivity index (χ0) is 15.9. The van der Waals surface area contributed by atoms with Crippen LogP contribution < -0.4 is 5.73 Å². The maximum Gasteiger partial charge on any atom is 0.352 e. The van der Waals surface area contributed by atoms with Crippen LogP contribution in [-0.4, -0.2) is 58.7 Å². The smallest absolute Gasteiger partial charge is 0.352 e. The molecule has 3 N–H and O–H groups in total. The summed E-state index contributed by atoms with van der Waals surface area (Å²) in [7, 11) is 0. The number of carboxylic acids is 1. The van der Waals surface area contributed by atoms with Crippen molar-refractivity contribution in [3.8, 4) is 0 Å². The zero-order valence-electron chi connectivity index (χ0n) is 11.0. The molecule has 116 valence electrons. The Hall–Kier alpha value is -1.43. The monoisotopic (exact) mass is 358 g/mol. The lowest BCUT2D eigenvalue weighted by atomic mass is 10.0. The Bertz CT molecular complexity index is 675. The van der Waals surface area contributed by atoms with Crippen molar-refractivity contribution in [1.29, 1.82) is 0 Å². The van der Waals surface area contributed by atoms with E-state index in [-0.39, 0.29) is 27.6 Å². The van der Waals surface area contributed by atoms with E-state index in [1.54, 1.807) is 0 Å². The molecule has 0 spiro atoms. The summed E-state index contributed by atoms with van der Waals surface area (Å²) in [4.78, 5) is 36.3. The Morgan fingerprint density at radius 1 is 1.55 bits per heavy atom. The number of hydrogen-bond donors (Lipinski definition) is 2. The van der Waals surface area contributed by atoms with Gasteiger partial charge >= 0.3 is 5.97 Å². The van der Waals surface area contributed by atoms with Gasteiger partial charge in [-0.05, 0) is 5.57 Å². The fraction of sp³-hybridized carbons (Fsp3) is 0.364. The molecule has 0 saturated carbocycles. The summed E-state index contributed by atoms with van der Waals surface area (Å²) in [5, 5.41) is 8.77. The van der Waals surface area contributed by atoms with Crippen molar-refractivity contribution in [1.82, 2.24) is 13.6 Å². The highest BCUT2D eigenvalue weighted by atomic mass is 32.2. The summed E-state index contributed by atoms with van der Waals surface area (Å²) in [6, 6.07) is -0.656. The van der Waals surface area contributed by atoms with Gasteiger partial charge in [0.2, 0.25) is 11.0 Å². The third-order valence-electron chi connectivity index (χ3n) is 3.24. The van der Waals surface area contributed by atoms with Crippen molar-refractivity contribution in [2.45, 2.75) is 11.4 Å². The highest BCUT2D eigenvalue weighted by molar-refractivity contribution is 8.14. The van der Waals surface area contributed by atoms with Gasteiger partial charge in [0, 0.05) is 11.5 Å². The second-order valence-corrected chi connectivity index (χ2v) is 7.17. The molecule has 0 bridgehead atoms. The minimum atomic E-state index is -1.18. The van der Waals surface area contributed by atoms with Crippen LogP contribution in [0.5, 0.6) is 0 Å². The summed E-state index contributed by atoms with van der Waals surface area (Å²) in [6.45, 7) is 0. The van der Waals surface area contributed by atoms with Gasteiger partial charge < -0.3 is 10.8 Å². The first kappa shape index (κ1) is 15.5. The minimum absolute atomic E-state index is 0.0489. The number of nitrogens with two attached hydrogens (primary N) is 1. The molecule has 1 unspecified atom stereocenters. The summed E-state index contributed by atoms with van der Waals surface area (Å²) >= 11 is 3.30. The van der Waals surface area contributed by atoms with Crippen molar-refractivity contribution < 1.29 is 19.5 Å². The number of hydrogen-bond acceptors (Lipinski definition) is 9. The molecule has 1 aromatic heterocycles. The maximum absolute atomic E-state index is 11.9. The van der Waals surface area contributed by atoms with Crippen LogP contribution in [0.25, 0.3) is 0 Å². The number of carbonyl (C=O) groups excluding carboxylic acids is 2. The van der Waals surface area contributed by atoms with E-state index >= 15 is 0 Å². The summed E-state index contributed by atoms with van der Waals surface area (Å²) in [5.41, 5.74) is 6.40. The van der Waals surface area contributed by atoms with E-state index < -0.39 is 17.9 Å². The molecule has 1 fully saturated rings. The van der Waals surface area contributed by atoms with E-state index in [0.717, 1.165) is 23.5 Å². The zero-order valence-corrected chi connectivity index (χ0v) is 13.4. The lowest BCUT2D eigenvalue weighted by Crippen LogP contribution is -2.68. The first-order valence-electron chi connectivity index (χ1n) is 6.11. The van der Waals surface area contributed by atoms with Gasteiger partial charge in [-0.2, -0.15) is 8.75 Å². The van der Waals surface area contributed by atoms with Gasteiger partial charge in [-0.15, -0.1) is 11.8 Å². The van der Waals surface area contributed by atoms with Crippen LogP contribution in [0.15, 0.2) is 17.5 Å².